The first-order valence-corrected chi connectivity index (χ1v) is 4.43. The van der Waals surface area contributed by atoms with Crippen molar-refractivity contribution in [2.24, 2.45) is 5.73 Å². The van der Waals surface area contributed by atoms with Crippen LogP contribution in [0.3, 0.4) is 0 Å². The van der Waals surface area contributed by atoms with Crippen LogP contribution in [-0.2, 0) is 11.2 Å². The minimum atomic E-state index is -1.09. The van der Waals surface area contributed by atoms with Crippen molar-refractivity contribution in [3.05, 3.63) is 41.1 Å². The van der Waals surface area contributed by atoms with Gasteiger partial charge in [0.1, 0.15) is 5.70 Å². The molecule has 0 saturated heterocycles. The number of carbonyl (C=O) groups is 1. The second-order valence-electron chi connectivity index (χ2n) is 2.96. The average Bonchev–Trinajstić information content (AvgIpc) is 2.18. The van der Waals surface area contributed by atoms with Gasteiger partial charge in [0.05, 0.1) is 0 Å². The fourth-order valence-corrected chi connectivity index (χ4v) is 1.23. The van der Waals surface area contributed by atoms with E-state index < -0.39 is 5.97 Å². The van der Waals surface area contributed by atoms with E-state index in [1.807, 2.05) is 31.2 Å². The zero-order valence-electron chi connectivity index (χ0n) is 8.03. The standard InChI is InChI=1S/C11H13NO2/c1-2-8-5-3-4-6-9(8)7-10(12)11(13)14/h3-7H,2,12H2,1H3,(H,13,14)/b10-7+. The third kappa shape index (κ3) is 2.36. The Balaban J connectivity index is 3.07. The quantitative estimate of drug-likeness (QED) is 0.714. The maximum absolute atomic E-state index is 10.5. The van der Waals surface area contributed by atoms with Crippen LogP contribution in [0, 0.1) is 0 Å². The second-order valence-corrected chi connectivity index (χ2v) is 2.96. The summed E-state index contributed by atoms with van der Waals surface area (Å²) in [5, 5.41) is 8.61. The highest BCUT2D eigenvalue weighted by atomic mass is 16.4. The molecule has 1 rings (SSSR count). The van der Waals surface area contributed by atoms with E-state index in [9.17, 15) is 4.79 Å². The molecule has 3 nitrogen and oxygen atoms in total. The zero-order chi connectivity index (χ0) is 10.6. The Morgan fingerprint density at radius 2 is 2.14 bits per heavy atom. The van der Waals surface area contributed by atoms with E-state index in [4.69, 9.17) is 10.8 Å². The highest BCUT2D eigenvalue weighted by Crippen LogP contribution is 2.12. The maximum Gasteiger partial charge on any atom is 0.351 e. The van der Waals surface area contributed by atoms with Gasteiger partial charge in [-0.25, -0.2) is 4.79 Å². The Kier molecular flexibility index (Phi) is 3.29. The fourth-order valence-electron chi connectivity index (χ4n) is 1.23. The SMILES string of the molecule is CCc1ccccc1/C=C(/N)C(=O)O. The zero-order valence-corrected chi connectivity index (χ0v) is 8.03. The van der Waals surface area contributed by atoms with Crippen molar-refractivity contribution in [2.75, 3.05) is 0 Å². The van der Waals surface area contributed by atoms with Gasteiger partial charge in [-0.3, -0.25) is 0 Å². The number of carboxylic acid groups (broad SMARTS) is 1. The summed E-state index contributed by atoms with van der Waals surface area (Å²) in [5.74, 6) is -1.09. The molecule has 3 heteroatoms. The lowest BCUT2D eigenvalue weighted by molar-refractivity contribution is -0.132. The van der Waals surface area contributed by atoms with Gasteiger partial charge in [0, 0.05) is 0 Å². The fraction of sp³-hybridized carbons (Fsp3) is 0.182. The van der Waals surface area contributed by atoms with Crippen LogP contribution in [0.5, 0.6) is 0 Å². The lowest BCUT2D eigenvalue weighted by atomic mass is 10.0. The molecule has 0 unspecified atom stereocenters. The van der Waals surface area contributed by atoms with Crippen molar-refractivity contribution in [1.29, 1.82) is 0 Å². The van der Waals surface area contributed by atoms with E-state index >= 15 is 0 Å². The molecule has 0 spiro atoms. The largest absolute Gasteiger partial charge is 0.477 e. The molecule has 14 heavy (non-hydrogen) atoms. The van der Waals surface area contributed by atoms with E-state index in [2.05, 4.69) is 0 Å². The Morgan fingerprint density at radius 1 is 1.50 bits per heavy atom. The van der Waals surface area contributed by atoms with E-state index in [0.29, 0.717) is 0 Å². The molecular weight excluding hydrogens is 178 g/mol. The molecule has 0 aromatic heterocycles. The third-order valence-electron chi connectivity index (χ3n) is 1.99. The topological polar surface area (TPSA) is 63.3 Å². The molecule has 0 amide bonds. The van der Waals surface area contributed by atoms with Crippen molar-refractivity contribution >= 4 is 12.0 Å². The van der Waals surface area contributed by atoms with Crippen LogP contribution in [0.1, 0.15) is 18.1 Å². The van der Waals surface area contributed by atoms with Crippen LogP contribution in [0.15, 0.2) is 30.0 Å². The summed E-state index contributed by atoms with van der Waals surface area (Å²) in [6.07, 6.45) is 2.35. The molecule has 3 N–H and O–H groups in total. The minimum Gasteiger partial charge on any atom is -0.477 e. The number of nitrogens with two attached hydrogens (primary N) is 1. The molecule has 0 atom stereocenters. The third-order valence-corrected chi connectivity index (χ3v) is 1.99. The van der Waals surface area contributed by atoms with E-state index in [0.717, 1.165) is 17.5 Å². The summed E-state index contributed by atoms with van der Waals surface area (Å²) >= 11 is 0. The molecular formula is C11H13NO2. The lowest BCUT2D eigenvalue weighted by Gasteiger charge is -2.02. The minimum absolute atomic E-state index is 0.133. The first kappa shape index (κ1) is 10.3. The summed E-state index contributed by atoms with van der Waals surface area (Å²) in [4.78, 5) is 10.5. The Hall–Kier alpha value is -1.77. The van der Waals surface area contributed by atoms with Crippen molar-refractivity contribution in [1.82, 2.24) is 0 Å². The first-order valence-electron chi connectivity index (χ1n) is 4.43. The van der Waals surface area contributed by atoms with Gasteiger partial charge in [-0.1, -0.05) is 31.2 Å². The molecule has 0 bridgehead atoms. The van der Waals surface area contributed by atoms with Gasteiger partial charge in [-0.2, -0.15) is 0 Å². The number of rotatable bonds is 3. The van der Waals surface area contributed by atoms with Gasteiger partial charge in [0.25, 0.3) is 0 Å². The molecule has 1 aromatic carbocycles. The monoisotopic (exact) mass is 191 g/mol. The van der Waals surface area contributed by atoms with Crippen molar-refractivity contribution in [3.8, 4) is 0 Å². The highest BCUT2D eigenvalue weighted by Gasteiger charge is 2.02. The van der Waals surface area contributed by atoms with Crippen LogP contribution < -0.4 is 5.73 Å². The van der Waals surface area contributed by atoms with E-state index in [1.165, 1.54) is 6.08 Å². The Morgan fingerprint density at radius 3 is 2.71 bits per heavy atom. The summed E-state index contributed by atoms with van der Waals surface area (Å²) in [7, 11) is 0. The Labute approximate surface area is 82.9 Å². The summed E-state index contributed by atoms with van der Waals surface area (Å²) in [6, 6.07) is 7.60. The summed E-state index contributed by atoms with van der Waals surface area (Å²) in [6.45, 7) is 2.02. The van der Waals surface area contributed by atoms with Crippen molar-refractivity contribution < 1.29 is 9.90 Å². The van der Waals surface area contributed by atoms with Gasteiger partial charge in [-0.15, -0.1) is 0 Å². The van der Waals surface area contributed by atoms with Crippen LogP contribution in [-0.4, -0.2) is 11.1 Å². The molecule has 0 saturated carbocycles. The lowest BCUT2D eigenvalue weighted by Crippen LogP contribution is -2.09. The molecule has 0 heterocycles. The van der Waals surface area contributed by atoms with Crippen molar-refractivity contribution in [3.63, 3.8) is 0 Å². The second kappa shape index (κ2) is 4.46. The van der Waals surface area contributed by atoms with E-state index in [1.54, 1.807) is 0 Å². The highest BCUT2D eigenvalue weighted by molar-refractivity contribution is 5.91. The average molecular weight is 191 g/mol. The summed E-state index contributed by atoms with van der Waals surface area (Å²) in [5.41, 5.74) is 7.16. The van der Waals surface area contributed by atoms with Crippen LogP contribution in [0.25, 0.3) is 6.08 Å². The van der Waals surface area contributed by atoms with Gasteiger partial charge in [-0.05, 0) is 23.6 Å². The molecule has 0 radical (unpaired) electrons. The Bertz CT molecular complexity index is 369. The number of aryl methyl sites for hydroxylation is 1. The smallest absolute Gasteiger partial charge is 0.351 e. The number of benzene rings is 1. The first-order chi connectivity index (χ1) is 6.65. The van der Waals surface area contributed by atoms with Crippen LogP contribution in [0.2, 0.25) is 0 Å². The number of hydrogen-bond donors (Lipinski definition) is 2. The van der Waals surface area contributed by atoms with Gasteiger partial charge >= 0.3 is 5.97 Å². The number of aliphatic carboxylic acids is 1. The molecule has 0 fully saturated rings. The van der Waals surface area contributed by atoms with Crippen LogP contribution >= 0.6 is 0 Å². The predicted molar refractivity (Wildman–Crippen MR) is 55.6 cm³/mol. The van der Waals surface area contributed by atoms with Gasteiger partial charge < -0.3 is 10.8 Å². The van der Waals surface area contributed by atoms with Gasteiger partial charge in [0.15, 0.2) is 0 Å². The van der Waals surface area contributed by atoms with Gasteiger partial charge in [0.2, 0.25) is 0 Å². The van der Waals surface area contributed by atoms with Crippen LogP contribution in [0.4, 0.5) is 0 Å². The maximum atomic E-state index is 10.5. The summed E-state index contributed by atoms with van der Waals surface area (Å²) < 4.78 is 0. The normalized spacial score (nSPS) is 11.4. The number of hydrogen-bond acceptors (Lipinski definition) is 2. The molecule has 0 aliphatic carbocycles. The molecule has 1 aromatic rings. The molecule has 0 aliphatic rings. The van der Waals surface area contributed by atoms with E-state index in [-0.39, 0.29) is 5.70 Å². The molecule has 0 aliphatic heterocycles. The van der Waals surface area contributed by atoms with Crippen molar-refractivity contribution in [2.45, 2.75) is 13.3 Å². The number of carboxylic acids is 1. The molecule has 74 valence electrons. The predicted octanol–water partition coefficient (Wildman–Crippen LogP) is 1.63.